The Morgan fingerprint density at radius 2 is 1.38 bits per heavy atom. The maximum Gasteiger partial charge on any atom is 0.235 e. The summed E-state index contributed by atoms with van der Waals surface area (Å²) < 4.78 is 0. The van der Waals surface area contributed by atoms with Crippen LogP contribution < -0.4 is 0 Å². The second kappa shape index (κ2) is 7.49. The highest BCUT2D eigenvalue weighted by Gasteiger charge is 2.50. The van der Waals surface area contributed by atoms with Crippen molar-refractivity contribution in [2.45, 2.75) is 58.0 Å². The smallest absolute Gasteiger partial charge is 0.211 e. The Labute approximate surface area is 126 Å². The lowest BCUT2D eigenvalue weighted by molar-refractivity contribution is 0.211. The first-order valence-corrected chi connectivity index (χ1v) is 8.09. The fourth-order valence-electron chi connectivity index (χ4n) is 4.40. The molecule has 2 aliphatic rings. The summed E-state index contributed by atoms with van der Waals surface area (Å²) in [7, 11) is 0. The van der Waals surface area contributed by atoms with E-state index in [0.717, 1.165) is 32.1 Å². The van der Waals surface area contributed by atoms with Gasteiger partial charge in [0, 0.05) is 0 Å². The number of hydrogen-bond donors (Lipinski definition) is 0. The lowest BCUT2D eigenvalue weighted by Crippen LogP contribution is -2.36. The van der Waals surface area contributed by atoms with Crippen LogP contribution in [-0.2, 0) is 9.59 Å². The van der Waals surface area contributed by atoms with Crippen LogP contribution in [0.5, 0.6) is 0 Å². The van der Waals surface area contributed by atoms with Gasteiger partial charge in [0.1, 0.15) is 0 Å². The van der Waals surface area contributed by atoms with Gasteiger partial charge in [-0.15, -0.1) is 0 Å². The molecule has 114 valence electrons. The SMILES string of the molecule is CCCC(N=C=O)C1C2C=CC(C2)C1C(CCC)N=C=O. The molecule has 0 amide bonds. The van der Waals surface area contributed by atoms with Crippen molar-refractivity contribution in [3.05, 3.63) is 12.2 Å². The summed E-state index contributed by atoms with van der Waals surface area (Å²) in [5, 5.41) is 0. The maximum atomic E-state index is 10.8. The number of aliphatic imine (C=N–C) groups is 2. The molecule has 0 aromatic carbocycles. The van der Waals surface area contributed by atoms with Crippen molar-refractivity contribution in [1.29, 1.82) is 0 Å². The van der Waals surface area contributed by atoms with Crippen molar-refractivity contribution in [3.8, 4) is 0 Å². The fourth-order valence-corrected chi connectivity index (χ4v) is 4.40. The molecule has 0 aliphatic heterocycles. The van der Waals surface area contributed by atoms with Gasteiger partial charge in [0.05, 0.1) is 12.1 Å². The standard InChI is InChI=1S/C17H24N2O2/c1-3-5-14(18-10-20)16-12-7-8-13(9-12)17(16)15(6-4-2)19-11-21/h7-8,12-17H,3-6,9H2,1-2H3. The zero-order valence-electron chi connectivity index (χ0n) is 12.9. The second-order valence-corrected chi connectivity index (χ2v) is 6.26. The van der Waals surface area contributed by atoms with E-state index in [-0.39, 0.29) is 12.1 Å². The van der Waals surface area contributed by atoms with Crippen LogP contribution in [-0.4, -0.2) is 24.2 Å². The van der Waals surface area contributed by atoms with E-state index in [2.05, 4.69) is 36.0 Å². The number of nitrogens with zero attached hydrogens (tertiary/aromatic N) is 2. The molecule has 0 spiro atoms. The number of allylic oxidation sites excluding steroid dienone is 2. The van der Waals surface area contributed by atoms with Gasteiger partial charge in [0.15, 0.2) is 0 Å². The third kappa shape index (κ3) is 3.23. The van der Waals surface area contributed by atoms with Crippen molar-refractivity contribution >= 4 is 12.2 Å². The summed E-state index contributed by atoms with van der Waals surface area (Å²) in [4.78, 5) is 29.7. The Morgan fingerprint density at radius 1 is 0.952 bits per heavy atom. The Bertz CT molecular complexity index is 433. The minimum absolute atomic E-state index is 0.0126. The second-order valence-electron chi connectivity index (χ2n) is 6.26. The van der Waals surface area contributed by atoms with E-state index in [1.165, 1.54) is 0 Å². The summed E-state index contributed by atoms with van der Waals surface area (Å²) in [6.45, 7) is 4.22. The Morgan fingerprint density at radius 3 is 1.71 bits per heavy atom. The van der Waals surface area contributed by atoms with E-state index in [1.54, 1.807) is 12.2 Å². The molecule has 0 aromatic rings. The number of carbonyl (C=O) groups excluding carboxylic acids is 2. The van der Waals surface area contributed by atoms with Crippen molar-refractivity contribution in [1.82, 2.24) is 0 Å². The van der Waals surface area contributed by atoms with Gasteiger partial charge >= 0.3 is 0 Å². The molecule has 6 atom stereocenters. The van der Waals surface area contributed by atoms with Crippen molar-refractivity contribution in [2.75, 3.05) is 0 Å². The zero-order chi connectivity index (χ0) is 15.2. The van der Waals surface area contributed by atoms with Crippen molar-refractivity contribution < 1.29 is 9.59 Å². The number of fused-ring (bicyclic) bond motifs is 2. The molecule has 1 fully saturated rings. The normalized spacial score (nSPS) is 32.3. The van der Waals surface area contributed by atoms with Crippen LogP contribution in [0.4, 0.5) is 0 Å². The fraction of sp³-hybridized carbons (Fsp3) is 0.765. The van der Waals surface area contributed by atoms with Crippen LogP contribution in [0.2, 0.25) is 0 Å². The van der Waals surface area contributed by atoms with E-state index in [0.29, 0.717) is 23.7 Å². The number of isocyanates is 2. The highest BCUT2D eigenvalue weighted by molar-refractivity contribution is 5.35. The predicted molar refractivity (Wildman–Crippen MR) is 81.4 cm³/mol. The molecule has 0 radical (unpaired) electrons. The quantitative estimate of drug-likeness (QED) is 0.390. The minimum atomic E-state index is 0.0126. The highest BCUT2D eigenvalue weighted by atomic mass is 16.1. The molecule has 2 bridgehead atoms. The average Bonchev–Trinajstić information content (AvgIpc) is 3.07. The van der Waals surface area contributed by atoms with Crippen LogP contribution in [0, 0.1) is 23.7 Å². The molecule has 0 saturated heterocycles. The first-order chi connectivity index (χ1) is 10.3. The minimum Gasteiger partial charge on any atom is -0.211 e. The molecular formula is C17H24N2O2. The van der Waals surface area contributed by atoms with E-state index in [4.69, 9.17) is 0 Å². The zero-order valence-corrected chi connectivity index (χ0v) is 12.9. The van der Waals surface area contributed by atoms with E-state index in [1.807, 2.05) is 0 Å². The molecule has 1 saturated carbocycles. The number of hydrogen-bond acceptors (Lipinski definition) is 4. The first kappa shape index (κ1) is 15.9. The molecule has 0 aromatic heterocycles. The first-order valence-electron chi connectivity index (χ1n) is 8.09. The van der Waals surface area contributed by atoms with Crippen molar-refractivity contribution in [3.63, 3.8) is 0 Å². The molecule has 0 heterocycles. The molecule has 2 aliphatic carbocycles. The predicted octanol–water partition coefficient (Wildman–Crippen LogP) is 3.43. The van der Waals surface area contributed by atoms with Gasteiger partial charge < -0.3 is 0 Å². The highest BCUT2D eigenvalue weighted by Crippen LogP contribution is 2.53. The summed E-state index contributed by atoms with van der Waals surface area (Å²) >= 11 is 0. The largest absolute Gasteiger partial charge is 0.235 e. The van der Waals surface area contributed by atoms with Gasteiger partial charge in [-0.1, -0.05) is 38.8 Å². The monoisotopic (exact) mass is 288 g/mol. The van der Waals surface area contributed by atoms with Gasteiger partial charge in [0.2, 0.25) is 12.2 Å². The Hall–Kier alpha value is -1.50. The molecule has 0 N–H and O–H groups in total. The van der Waals surface area contributed by atoms with Gasteiger partial charge in [0.25, 0.3) is 0 Å². The molecule has 2 rings (SSSR count). The van der Waals surface area contributed by atoms with E-state index >= 15 is 0 Å². The summed E-state index contributed by atoms with van der Waals surface area (Å²) in [6, 6.07) is 0.0253. The van der Waals surface area contributed by atoms with E-state index < -0.39 is 0 Å². The van der Waals surface area contributed by atoms with Crippen LogP contribution in [0.3, 0.4) is 0 Å². The van der Waals surface area contributed by atoms with Crippen LogP contribution >= 0.6 is 0 Å². The maximum absolute atomic E-state index is 10.8. The van der Waals surface area contributed by atoms with Crippen LogP contribution in [0.1, 0.15) is 46.0 Å². The van der Waals surface area contributed by atoms with Gasteiger partial charge in [-0.05, 0) is 42.9 Å². The van der Waals surface area contributed by atoms with Crippen molar-refractivity contribution in [2.24, 2.45) is 33.7 Å². The average molecular weight is 288 g/mol. The van der Waals surface area contributed by atoms with Crippen LogP contribution in [0.15, 0.2) is 22.1 Å². The Balaban J connectivity index is 2.29. The van der Waals surface area contributed by atoms with Gasteiger partial charge in [-0.2, -0.15) is 0 Å². The summed E-state index contributed by atoms with van der Waals surface area (Å²) in [5.74, 6) is 1.56. The molecule has 6 unspecified atom stereocenters. The third-order valence-electron chi connectivity index (χ3n) is 5.08. The topological polar surface area (TPSA) is 58.9 Å². The lowest BCUT2D eigenvalue weighted by atomic mass is 9.73. The van der Waals surface area contributed by atoms with Gasteiger partial charge in [-0.25, -0.2) is 19.6 Å². The molecule has 4 nitrogen and oxygen atoms in total. The summed E-state index contributed by atoms with van der Waals surface area (Å²) in [6.07, 6.45) is 12.9. The third-order valence-corrected chi connectivity index (χ3v) is 5.08. The number of rotatable bonds is 8. The van der Waals surface area contributed by atoms with E-state index in [9.17, 15) is 9.59 Å². The lowest BCUT2D eigenvalue weighted by Gasteiger charge is -2.35. The molecular weight excluding hydrogens is 264 g/mol. The van der Waals surface area contributed by atoms with Gasteiger partial charge in [-0.3, -0.25) is 0 Å². The molecule has 21 heavy (non-hydrogen) atoms. The Kier molecular flexibility index (Phi) is 5.67. The molecule has 4 heteroatoms. The van der Waals surface area contributed by atoms with Crippen LogP contribution in [0.25, 0.3) is 0 Å². The summed E-state index contributed by atoms with van der Waals surface area (Å²) in [5.41, 5.74) is 0.